The zero-order valence-corrected chi connectivity index (χ0v) is 15.8. The summed E-state index contributed by atoms with van der Waals surface area (Å²) in [6.45, 7) is 2.02. The molecular weight excluding hydrogens is 372 g/mol. The summed E-state index contributed by atoms with van der Waals surface area (Å²) in [6.07, 6.45) is 2.55. The molecule has 0 spiro atoms. The molecule has 4 aromatic rings. The summed E-state index contributed by atoms with van der Waals surface area (Å²) in [5.74, 6) is -2.22. The van der Waals surface area contributed by atoms with Crippen LogP contribution in [0.1, 0.15) is 17.7 Å². The standard InChI is InChI=1S/C23H19F2N3O/c1-15-5-7-16(8-6-15)23-20(28-13-3-2-4-21(28)27-23)11-12-22(29)26-17-9-10-18(24)19(25)14-17/h2-10,13-14H,11-12H2,1H3,(H,26,29). The van der Waals surface area contributed by atoms with Gasteiger partial charge in [0.25, 0.3) is 0 Å². The van der Waals surface area contributed by atoms with E-state index in [2.05, 4.69) is 5.32 Å². The van der Waals surface area contributed by atoms with E-state index < -0.39 is 11.6 Å². The number of nitrogens with zero attached hydrogens (tertiary/aromatic N) is 2. The second-order valence-electron chi connectivity index (χ2n) is 6.88. The number of aromatic nitrogens is 2. The molecule has 1 amide bonds. The molecule has 29 heavy (non-hydrogen) atoms. The van der Waals surface area contributed by atoms with Crippen LogP contribution in [0.2, 0.25) is 0 Å². The Labute approximate surface area is 166 Å². The summed E-state index contributed by atoms with van der Waals surface area (Å²) in [4.78, 5) is 17.1. The highest BCUT2D eigenvalue weighted by molar-refractivity contribution is 5.91. The van der Waals surface area contributed by atoms with Crippen molar-refractivity contribution in [1.82, 2.24) is 9.38 Å². The topological polar surface area (TPSA) is 46.4 Å². The molecule has 2 aromatic heterocycles. The Morgan fingerprint density at radius 3 is 2.59 bits per heavy atom. The molecule has 1 N–H and O–H groups in total. The maximum atomic E-state index is 13.3. The minimum Gasteiger partial charge on any atom is -0.326 e. The third kappa shape index (κ3) is 4.01. The lowest BCUT2D eigenvalue weighted by Gasteiger charge is -2.08. The number of carbonyl (C=O) groups is 1. The fourth-order valence-electron chi connectivity index (χ4n) is 3.26. The predicted molar refractivity (Wildman–Crippen MR) is 109 cm³/mol. The van der Waals surface area contributed by atoms with Crippen LogP contribution >= 0.6 is 0 Å². The smallest absolute Gasteiger partial charge is 0.224 e. The van der Waals surface area contributed by atoms with Crippen molar-refractivity contribution in [1.29, 1.82) is 0 Å². The number of carbonyl (C=O) groups excluding carboxylic acids is 1. The average Bonchev–Trinajstić information content (AvgIpc) is 3.08. The lowest BCUT2D eigenvalue weighted by molar-refractivity contribution is -0.116. The van der Waals surface area contributed by atoms with Gasteiger partial charge in [0.1, 0.15) is 5.65 Å². The minimum absolute atomic E-state index is 0.181. The molecule has 0 atom stereocenters. The summed E-state index contributed by atoms with van der Waals surface area (Å²) < 4.78 is 28.4. The van der Waals surface area contributed by atoms with Crippen LogP contribution in [0.15, 0.2) is 66.9 Å². The van der Waals surface area contributed by atoms with Crippen LogP contribution in [-0.2, 0) is 11.2 Å². The Hall–Kier alpha value is -3.54. The second-order valence-corrected chi connectivity index (χ2v) is 6.88. The first-order valence-corrected chi connectivity index (χ1v) is 9.29. The lowest BCUT2D eigenvalue weighted by atomic mass is 10.1. The molecule has 4 rings (SSSR count). The van der Waals surface area contributed by atoms with Crippen molar-refractivity contribution in [2.75, 3.05) is 5.32 Å². The fraction of sp³-hybridized carbons (Fsp3) is 0.130. The molecule has 0 saturated carbocycles. The zero-order chi connectivity index (χ0) is 20.4. The fourth-order valence-corrected chi connectivity index (χ4v) is 3.26. The van der Waals surface area contributed by atoms with Gasteiger partial charge in [-0.3, -0.25) is 4.79 Å². The first kappa shape index (κ1) is 18.8. The number of pyridine rings is 1. The van der Waals surface area contributed by atoms with Crippen LogP contribution < -0.4 is 5.32 Å². The molecule has 2 heterocycles. The monoisotopic (exact) mass is 391 g/mol. The van der Waals surface area contributed by atoms with E-state index in [9.17, 15) is 13.6 Å². The second kappa shape index (κ2) is 7.83. The van der Waals surface area contributed by atoms with Gasteiger partial charge in [0.15, 0.2) is 11.6 Å². The SMILES string of the molecule is Cc1ccc(-c2nc3ccccn3c2CCC(=O)Nc2ccc(F)c(F)c2)cc1. The van der Waals surface area contributed by atoms with Gasteiger partial charge in [-0.2, -0.15) is 0 Å². The summed E-state index contributed by atoms with van der Waals surface area (Å²) >= 11 is 0. The van der Waals surface area contributed by atoms with Gasteiger partial charge in [-0.05, 0) is 37.6 Å². The molecule has 0 aliphatic heterocycles. The van der Waals surface area contributed by atoms with Crippen LogP contribution in [0.4, 0.5) is 14.5 Å². The van der Waals surface area contributed by atoms with Crippen molar-refractivity contribution >= 4 is 17.2 Å². The number of amides is 1. The molecule has 0 saturated heterocycles. The number of nitrogens with one attached hydrogen (secondary N) is 1. The summed E-state index contributed by atoms with van der Waals surface area (Å²) in [7, 11) is 0. The van der Waals surface area contributed by atoms with Gasteiger partial charge < -0.3 is 9.72 Å². The van der Waals surface area contributed by atoms with E-state index in [1.165, 1.54) is 6.07 Å². The van der Waals surface area contributed by atoms with Crippen LogP contribution in [0.25, 0.3) is 16.9 Å². The minimum atomic E-state index is -0.994. The number of imidazole rings is 1. The third-order valence-electron chi connectivity index (χ3n) is 4.75. The first-order chi connectivity index (χ1) is 14.0. The van der Waals surface area contributed by atoms with Crippen molar-refractivity contribution in [3.8, 4) is 11.3 Å². The van der Waals surface area contributed by atoms with E-state index in [0.29, 0.717) is 6.42 Å². The number of halogens is 2. The molecule has 146 valence electrons. The van der Waals surface area contributed by atoms with Crippen LogP contribution in [0, 0.1) is 18.6 Å². The highest BCUT2D eigenvalue weighted by atomic mass is 19.2. The van der Waals surface area contributed by atoms with Gasteiger partial charge >= 0.3 is 0 Å². The van der Waals surface area contributed by atoms with Gasteiger partial charge in [-0.25, -0.2) is 13.8 Å². The Kier molecular flexibility index (Phi) is 5.08. The quantitative estimate of drug-likeness (QED) is 0.511. The molecule has 0 bridgehead atoms. The van der Waals surface area contributed by atoms with E-state index >= 15 is 0 Å². The normalized spacial score (nSPS) is 11.0. The number of benzene rings is 2. The lowest BCUT2D eigenvalue weighted by Crippen LogP contribution is -2.13. The molecule has 0 unspecified atom stereocenters. The molecule has 0 radical (unpaired) electrons. The number of fused-ring (bicyclic) bond motifs is 1. The van der Waals surface area contributed by atoms with Gasteiger partial charge in [0.2, 0.25) is 5.91 Å². The molecule has 0 aliphatic carbocycles. The third-order valence-corrected chi connectivity index (χ3v) is 4.75. The molecular formula is C23H19F2N3O. The van der Waals surface area contributed by atoms with E-state index in [0.717, 1.165) is 40.3 Å². The zero-order valence-electron chi connectivity index (χ0n) is 15.8. The average molecular weight is 391 g/mol. The largest absolute Gasteiger partial charge is 0.326 e. The number of hydrogen-bond acceptors (Lipinski definition) is 2. The molecule has 4 nitrogen and oxygen atoms in total. The van der Waals surface area contributed by atoms with Crippen molar-refractivity contribution in [3.05, 3.63) is 89.8 Å². The highest BCUT2D eigenvalue weighted by Gasteiger charge is 2.15. The van der Waals surface area contributed by atoms with Gasteiger partial charge in [0.05, 0.1) is 11.4 Å². The molecule has 0 aliphatic rings. The van der Waals surface area contributed by atoms with Gasteiger partial charge in [-0.1, -0.05) is 35.9 Å². The highest BCUT2D eigenvalue weighted by Crippen LogP contribution is 2.26. The van der Waals surface area contributed by atoms with E-state index in [1.54, 1.807) is 0 Å². The Bertz CT molecular complexity index is 1180. The first-order valence-electron chi connectivity index (χ1n) is 9.29. The van der Waals surface area contributed by atoms with Crippen molar-refractivity contribution in [3.63, 3.8) is 0 Å². The number of anilines is 1. The Balaban J connectivity index is 1.58. The van der Waals surface area contributed by atoms with E-state index in [-0.39, 0.29) is 18.0 Å². The Morgan fingerprint density at radius 1 is 1.03 bits per heavy atom. The number of hydrogen-bond donors (Lipinski definition) is 1. The molecule has 2 aromatic carbocycles. The van der Waals surface area contributed by atoms with Crippen LogP contribution in [0.5, 0.6) is 0 Å². The van der Waals surface area contributed by atoms with E-state index in [1.807, 2.05) is 60.0 Å². The molecule has 0 fully saturated rings. The summed E-state index contributed by atoms with van der Waals surface area (Å²) in [6, 6.07) is 17.1. The van der Waals surface area contributed by atoms with Gasteiger partial charge in [0, 0.05) is 29.9 Å². The Morgan fingerprint density at radius 2 is 1.83 bits per heavy atom. The van der Waals surface area contributed by atoms with Crippen molar-refractivity contribution < 1.29 is 13.6 Å². The van der Waals surface area contributed by atoms with Crippen LogP contribution in [-0.4, -0.2) is 15.3 Å². The predicted octanol–water partition coefficient (Wildman–Crippen LogP) is 5.16. The number of aryl methyl sites for hydroxylation is 2. The summed E-state index contributed by atoms with van der Waals surface area (Å²) in [5.41, 5.74) is 4.92. The molecule has 6 heteroatoms. The van der Waals surface area contributed by atoms with Crippen molar-refractivity contribution in [2.45, 2.75) is 19.8 Å². The van der Waals surface area contributed by atoms with Gasteiger partial charge in [-0.15, -0.1) is 0 Å². The maximum absolute atomic E-state index is 13.3. The van der Waals surface area contributed by atoms with Crippen molar-refractivity contribution in [2.24, 2.45) is 0 Å². The number of rotatable bonds is 5. The van der Waals surface area contributed by atoms with Crippen LogP contribution in [0.3, 0.4) is 0 Å². The summed E-state index contributed by atoms with van der Waals surface area (Å²) in [5, 5.41) is 2.61. The van der Waals surface area contributed by atoms with E-state index in [4.69, 9.17) is 4.98 Å². The maximum Gasteiger partial charge on any atom is 0.224 e.